The molecule has 9 heteroatoms. The second-order valence-electron chi connectivity index (χ2n) is 7.66. The molecule has 168 valence electrons. The van der Waals surface area contributed by atoms with E-state index in [-0.39, 0.29) is 24.9 Å². The molecule has 0 aliphatic carbocycles. The van der Waals surface area contributed by atoms with Crippen molar-refractivity contribution >= 4 is 51.9 Å². The summed E-state index contributed by atoms with van der Waals surface area (Å²) < 4.78 is 1.93. The van der Waals surface area contributed by atoms with Crippen LogP contribution >= 0.6 is 23.4 Å². The first-order valence-corrected chi connectivity index (χ1v) is 12.3. The van der Waals surface area contributed by atoms with Gasteiger partial charge in [-0.3, -0.25) is 9.59 Å². The summed E-state index contributed by atoms with van der Waals surface area (Å²) >= 11 is 7.75. The number of benzene rings is 2. The number of aromatic nitrogens is 2. The standard InChI is InChI=1S/C23H26ClN5O2S/c1-32-16-21-26-19-7-2-3-8-20(19)29(21)15-22(30)25-14-23(31)28-11-9-27(10-12-28)18-6-4-5-17(24)13-18/h2-8,13H,9-12,14-16H2,1H3,(H,25,30). The van der Waals surface area contributed by atoms with Gasteiger partial charge in [0, 0.05) is 36.9 Å². The predicted octanol–water partition coefficient (Wildman–Crippen LogP) is 3.02. The second kappa shape index (κ2) is 10.3. The maximum Gasteiger partial charge on any atom is 0.242 e. The number of amides is 2. The van der Waals surface area contributed by atoms with Crippen LogP contribution in [-0.4, -0.2) is 65.2 Å². The van der Waals surface area contributed by atoms with Gasteiger partial charge in [-0.25, -0.2) is 4.98 Å². The lowest BCUT2D eigenvalue weighted by Gasteiger charge is -2.36. The van der Waals surface area contributed by atoms with Crippen LogP contribution in [0.25, 0.3) is 11.0 Å². The molecule has 1 saturated heterocycles. The smallest absolute Gasteiger partial charge is 0.242 e. The third kappa shape index (κ3) is 5.19. The lowest BCUT2D eigenvalue weighted by Crippen LogP contribution is -2.51. The van der Waals surface area contributed by atoms with Gasteiger partial charge < -0.3 is 19.7 Å². The number of halogens is 1. The Morgan fingerprint density at radius 2 is 1.88 bits per heavy atom. The zero-order chi connectivity index (χ0) is 22.5. The molecule has 2 heterocycles. The fourth-order valence-corrected chi connectivity index (χ4v) is 4.58. The molecule has 0 unspecified atom stereocenters. The summed E-state index contributed by atoms with van der Waals surface area (Å²) in [4.78, 5) is 33.9. The van der Waals surface area contributed by atoms with Crippen LogP contribution in [0.5, 0.6) is 0 Å². The van der Waals surface area contributed by atoms with E-state index in [9.17, 15) is 9.59 Å². The Morgan fingerprint density at radius 3 is 2.62 bits per heavy atom. The molecule has 1 aliphatic heterocycles. The van der Waals surface area contributed by atoms with Crippen LogP contribution in [0, 0.1) is 0 Å². The average molecular weight is 472 g/mol. The van der Waals surface area contributed by atoms with Crippen LogP contribution < -0.4 is 10.2 Å². The molecule has 0 spiro atoms. The van der Waals surface area contributed by atoms with Crippen molar-refractivity contribution in [3.8, 4) is 0 Å². The number of imidazole rings is 1. The third-order valence-corrected chi connectivity index (χ3v) is 6.33. The summed E-state index contributed by atoms with van der Waals surface area (Å²) in [6, 6.07) is 15.5. The van der Waals surface area contributed by atoms with Gasteiger partial charge in [-0.1, -0.05) is 29.8 Å². The fourth-order valence-electron chi connectivity index (χ4n) is 3.91. The van der Waals surface area contributed by atoms with Crippen molar-refractivity contribution < 1.29 is 9.59 Å². The molecule has 2 amide bonds. The van der Waals surface area contributed by atoms with Gasteiger partial charge in [0.1, 0.15) is 12.4 Å². The van der Waals surface area contributed by atoms with E-state index < -0.39 is 0 Å². The van der Waals surface area contributed by atoms with Crippen LogP contribution in [0.3, 0.4) is 0 Å². The molecule has 3 aromatic rings. The summed E-state index contributed by atoms with van der Waals surface area (Å²) in [5.74, 6) is 1.32. The first-order valence-electron chi connectivity index (χ1n) is 10.5. The minimum absolute atomic E-state index is 0.000485. The second-order valence-corrected chi connectivity index (χ2v) is 8.96. The van der Waals surface area contributed by atoms with E-state index in [2.05, 4.69) is 15.2 Å². The van der Waals surface area contributed by atoms with Crippen molar-refractivity contribution in [3.05, 3.63) is 59.4 Å². The first-order chi connectivity index (χ1) is 15.5. The molecule has 1 aliphatic rings. The van der Waals surface area contributed by atoms with E-state index in [1.54, 1.807) is 16.7 Å². The SMILES string of the molecule is CSCc1nc2ccccc2n1CC(=O)NCC(=O)N1CCN(c2cccc(Cl)c2)CC1. The number of rotatable bonds is 7. The Labute approximate surface area is 196 Å². The maximum absolute atomic E-state index is 12.6. The number of piperazine rings is 1. The Kier molecular flexibility index (Phi) is 7.22. The Morgan fingerprint density at radius 1 is 1.09 bits per heavy atom. The van der Waals surface area contributed by atoms with Crippen molar-refractivity contribution in [1.29, 1.82) is 0 Å². The molecule has 0 atom stereocenters. The van der Waals surface area contributed by atoms with Gasteiger partial charge in [-0.15, -0.1) is 0 Å². The molecule has 7 nitrogen and oxygen atoms in total. The van der Waals surface area contributed by atoms with Gasteiger partial charge in [-0.2, -0.15) is 11.8 Å². The number of carbonyl (C=O) groups is 2. The van der Waals surface area contributed by atoms with E-state index in [1.165, 1.54) is 0 Å². The number of hydrogen-bond donors (Lipinski definition) is 1. The highest BCUT2D eigenvalue weighted by atomic mass is 35.5. The van der Waals surface area contributed by atoms with E-state index in [0.717, 1.165) is 41.4 Å². The highest BCUT2D eigenvalue weighted by molar-refractivity contribution is 7.97. The number of anilines is 1. The zero-order valence-corrected chi connectivity index (χ0v) is 19.5. The maximum atomic E-state index is 12.6. The lowest BCUT2D eigenvalue weighted by molar-refractivity contribution is -0.133. The summed E-state index contributed by atoms with van der Waals surface area (Å²) in [6.07, 6.45) is 2.01. The summed E-state index contributed by atoms with van der Waals surface area (Å²) in [6.45, 7) is 2.85. The van der Waals surface area contributed by atoms with Gasteiger partial charge in [0.25, 0.3) is 0 Å². The van der Waals surface area contributed by atoms with Gasteiger partial charge in [0.05, 0.1) is 23.3 Å². The lowest BCUT2D eigenvalue weighted by atomic mass is 10.2. The average Bonchev–Trinajstić information content (AvgIpc) is 3.15. The Balaban J connectivity index is 1.30. The van der Waals surface area contributed by atoms with Crippen LogP contribution in [0.2, 0.25) is 5.02 Å². The fraction of sp³-hybridized carbons (Fsp3) is 0.348. The molecule has 4 rings (SSSR count). The molecular weight excluding hydrogens is 446 g/mol. The van der Waals surface area contributed by atoms with E-state index >= 15 is 0 Å². The Bertz CT molecular complexity index is 1110. The monoisotopic (exact) mass is 471 g/mol. The van der Waals surface area contributed by atoms with Crippen molar-refractivity contribution in [1.82, 2.24) is 19.8 Å². The minimum atomic E-state index is -0.193. The topological polar surface area (TPSA) is 70.5 Å². The predicted molar refractivity (Wildman–Crippen MR) is 130 cm³/mol. The number of carbonyl (C=O) groups excluding carboxylic acids is 2. The van der Waals surface area contributed by atoms with Gasteiger partial charge >= 0.3 is 0 Å². The van der Waals surface area contributed by atoms with Crippen LogP contribution in [0.4, 0.5) is 5.69 Å². The minimum Gasteiger partial charge on any atom is -0.368 e. The quantitative estimate of drug-likeness (QED) is 0.573. The number of nitrogens with one attached hydrogen (secondary N) is 1. The van der Waals surface area contributed by atoms with Crippen molar-refractivity contribution in [3.63, 3.8) is 0 Å². The van der Waals surface area contributed by atoms with Crippen molar-refractivity contribution in [2.45, 2.75) is 12.3 Å². The normalized spacial score (nSPS) is 14.1. The molecule has 0 radical (unpaired) electrons. The largest absolute Gasteiger partial charge is 0.368 e. The summed E-state index contributed by atoms with van der Waals surface area (Å²) in [5, 5.41) is 3.49. The third-order valence-electron chi connectivity index (χ3n) is 5.55. The molecule has 2 aromatic carbocycles. The number of para-hydroxylation sites is 2. The number of hydrogen-bond acceptors (Lipinski definition) is 5. The number of fused-ring (bicyclic) bond motifs is 1. The molecule has 1 aromatic heterocycles. The van der Waals surface area contributed by atoms with Crippen LogP contribution in [-0.2, 0) is 21.9 Å². The molecular formula is C23H26ClN5O2S. The van der Waals surface area contributed by atoms with Crippen molar-refractivity contribution in [2.24, 2.45) is 0 Å². The molecule has 0 saturated carbocycles. The van der Waals surface area contributed by atoms with E-state index in [4.69, 9.17) is 11.6 Å². The molecule has 1 N–H and O–H groups in total. The highest BCUT2D eigenvalue weighted by Gasteiger charge is 2.22. The molecule has 32 heavy (non-hydrogen) atoms. The summed E-state index contributed by atoms with van der Waals surface area (Å²) in [7, 11) is 0. The zero-order valence-electron chi connectivity index (χ0n) is 18.0. The number of nitrogens with zero attached hydrogens (tertiary/aromatic N) is 4. The molecule has 1 fully saturated rings. The van der Waals surface area contributed by atoms with Crippen molar-refractivity contribution in [2.75, 3.05) is 43.9 Å². The van der Waals surface area contributed by atoms with Gasteiger partial charge in [0.2, 0.25) is 11.8 Å². The number of thioether (sulfide) groups is 1. The van der Waals surface area contributed by atoms with Crippen LogP contribution in [0.15, 0.2) is 48.5 Å². The Hall–Kier alpha value is -2.71. The van der Waals surface area contributed by atoms with Crippen LogP contribution in [0.1, 0.15) is 5.82 Å². The molecule has 0 bridgehead atoms. The first kappa shape index (κ1) is 22.5. The summed E-state index contributed by atoms with van der Waals surface area (Å²) in [5.41, 5.74) is 2.86. The van der Waals surface area contributed by atoms with Gasteiger partial charge in [-0.05, 0) is 36.6 Å². The van der Waals surface area contributed by atoms with Gasteiger partial charge in [0.15, 0.2) is 0 Å². The highest BCUT2D eigenvalue weighted by Crippen LogP contribution is 2.21. The van der Waals surface area contributed by atoms with E-state index in [1.807, 2.05) is 59.4 Å². The van der Waals surface area contributed by atoms with E-state index in [0.29, 0.717) is 18.1 Å².